The third-order valence-corrected chi connectivity index (χ3v) is 4.06. The van der Waals surface area contributed by atoms with Gasteiger partial charge in [-0.25, -0.2) is 0 Å². The second-order valence-corrected chi connectivity index (χ2v) is 5.96. The second-order valence-electron chi connectivity index (χ2n) is 5.05. The lowest BCUT2D eigenvalue weighted by Crippen LogP contribution is -2.00. The zero-order chi connectivity index (χ0) is 14.3. The van der Waals surface area contributed by atoms with Crippen LogP contribution >= 0.6 is 15.9 Å². The molecule has 0 aliphatic carbocycles. The zero-order valence-electron chi connectivity index (χ0n) is 11.4. The van der Waals surface area contributed by atoms with E-state index in [0.29, 0.717) is 5.76 Å². The van der Waals surface area contributed by atoms with Gasteiger partial charge in [0, 0.05) is 9.86 Å². The fourth-order valence-corrected chi connectivity index (χ4v) is 2.80. The van der Waals surface area contributed by atoms with Crippen molar-refractivity contribution >= 4 is 26.9 Å². The third kappa shape index (κ3) is 2.28. The molecular formula is C17H15BrO2. The Hall–Kier alpha value is -1.58. The smallest absolute Gasteiger partial charge is 0.138 e. The summed E-state index contributed by atoms with van der Waals surface area (Å²) in [6, 6.07) is 13.8. The van der Waals surface area contributed by atoms with Gasteiger partial charge in [0.25, 0.3) is 0 Å². The van der Waals surface area contributed by atoms with Crippen molar-refractivity contribution in [3.8, 4) is 0 Å². The van der Waals surface area contributed by atoms with Crippen LogP contribution in [0.3, 0.4) is 0 Å². The number of aliphatic hydroxyl groups excluding tert-OH is 1. The van der Waals surface area contributed by atoms with Gasteiger partial charge in [-0.15, -0.1) is 0 Å². The molecule has 0 saturated heterocycles. The number of hydrogen-bond donors (Lipinski definition) is 1. The number of rotatable bonds is 2. The third-order valence-electron chi connectivity index (χ3n) is 3.57. The van der Waals surface area contributed by atoms with Crippen LogP contribution in [0.2, 0.25) is 0 Å². The fourth-order valence-electron chi connectivity index (χ4n) is 2.42. The molecule has 0 saturated carbocycles. The molecule has 0 fully saturated rings. The summed E-state index contributed by atoms with van der Waals surface area (Å²) in [6.45, 7) is 3.99. The Balaban J connectivity index is 2.10. The van der Waals surface area contributed by atoms with Crippen molar-refractivity contribution in [1.29, 1.82) is 0 Å². The Morgan fingerprint density at radius 3 is 2.60 bits per heavy atom. The van der Waals surface area contributed by atoms with Crippen molar-refractivity contribution in [2.75, 3.05) is 0 Å². The van der Waals surface area contributed by atoms with Crippen LogP contribution in [0.15, 0.2) is 51.4 Å². The van der Waals surface area contributed by atoms with Crippen LogP contribution in [0, 0.1) is 13.8 Å². The largest absolute Gasteiger partial charge is 0.458 e. The molecule has 0 radical (unpaired) electrons. The zero-order valence-corrected chi connectivity index (χ0v) is 12.9. The summed E-state index contributed by atoms with van der Waals surface area (Å²) in [5, 5.41) is 11.6. The van der Waals surface area contributed by atoms with Crippen LogP contribution in [0.4, 0.5) is 0 Å². The number of benzene rings is 2. The van der Waals surface area contributed by atoms with Gasteiger partial charge < -0.3 is 9.52 Å². The molecule has 20 heavy (non-hydrogen) atoms. The summed E-state index contributed by atoms with van der Waals surface area (Å²) in [5.74, 6) is 0.579. The summed E-state index contributed by atoms with van der Waals surface area (Å²) in [5.41, 5.74) is 3.81. The van der Waals surface area contributed by atoms with E-state index in [1.807, 2.05) is 56.3 Å². The minimum atomic E-state index is -0.751. The first kappa shape index (κ1) is 13.4. The summed E-state index contributed by atoms with van der Waals surface area (Å²) in [7, 11) is 0. The predicted molar refractivity (Wildman–Crippen MR) is 83.9 cm³/mol. The average molecular weight is 331 g/mol. The molecule has 0 bridgehead atoms. The van der Waals surface area contributed by atoms with E-state index in [1.54, 1.807) is 0 Å². The van der Waals surface area contributed by atoms with Gasteiger partial charge in [-0.1, -0.05) is 40.2 Å². The van der Waals surface area contributed by atoms with Crippen LogP contribution in [-0.4, -0.2) is 5.11 Å². The predicted octanol–water partition coefficient (Wildman–Crippen LogP) is 4.89. The number of aliphatic hydroxyl groups is 1. The monoisotopic (exact) mass is 330 g/mol. The van der Waals surface area contributed by atoms with Crippen molar-refractivity contribution in [3.05, 3.63) is 69.4 Å². The van der Waals surface area contributed by atoms with Gasteiger partial charge in [0.1, 0.15) is 17.4 Å². The highest BCUT2D eigenvalue weighted by Gasteiger charge is 2.18. The van der Waals surface area contributed by atoms with Crippen molar-refractivity contribution in [2.24, 2.45) is 0 Å². The van der Waals surface area contributed by atoms with E-state index in [9.17, 15) is 5.11 Å². The number of halogens is 1. The van der Waals surface area contributed by atoms with Gasteiger partial charge in [-0.05, 0) is 48.7 Å². The van der Waals surface area contributed by atoms with E-state index in [1.165, 1.54) is 0 Å². The molecule has 1 N–H and O–H groups in total. The van der Waals surface area contributed by atoms with Crippen LogP contribution < -0.4 is 0 Å². The van der Waals surface area contributed by atoms with Crippen molar-refractivity contribution in [3.63, 3.8) is 0 Å². The highest BCUT2D eigenvalue weighted by Crippen LogP contribution is 2.32. The van der Waals surface area contributed by atoms with Gasteiger partial charge in [0.15, 0.2) is 0 Å². The van der Waals surface area contributed by atoms with Crippen LogP contribution in [-0.2, 0) is 0 Å². The lowest BCUT2D eigenvalue weighted by molar-refractivity contribution is 0.191. The maximum Gasteiger partial charge on any atom is 0.138 e. The molecule has 0 amide bonds. The molecule has 102 valence electrons. The maximum absolute atomic E-state index is 10.6. The standard InChI is InChI=1S/C17H15BrO2/c1-10-6-7-13(18)9-14(10)16(19)15-8-12-5-3-4-11(2)17(12)20-15/h3-9,16,19H,1-2H3. The van der Waals surface area contributed by atoms with E-state index in [-0.39, 0.29) is 0 Å². The van der Waals surface area contributed by atoms with Gasteiger partial charge in [-0.3, -0.25) is 0 Å². The molecule has 0 aliphatic rings. The molecule has 0 spiro atoms. The number of aryl methyl sites for hydroxylation is 2. The molecule has 1 unspecified atom stereocenters. The van der Waals surface area contributed by atoms with E-state index in [2.05, 4.69) is 15.9 Å². The van der Waals surface area contributed by atoms with E-state index in [4.69, 9.17) is 4.42 Å². The van der Waals surface area contributed by atoms with E-state index < -0.39 is 6.10 Å². The van der Waals surface area contributed by atoms with Crippen molar-refractivity contribution in [2.45, 2.75) is 20.0 Å². The normalized spacial score (nSPS) is 12.8. The number of para-hydroxylation sites is 1. The molecule has 2 aromatic carbocycles. The first-order valence-corrected chi connectivity index (χ1v) is 7.29. The summed E-state index contributed by atoms with van der Waals surface area (Å²) in [4.78, 5) is 0. The molecule has 2 nitrogen and oxygen atoms in total. The molecule has 3 aromatic rings. The molecule has 1 atom stereocenters. The van der Waals surface area contributed by atoms with E-state index in [0.717, 1.165) is 32.1 Å². The Labute approximate surface area is 126 Å². The van der Waals surface area contributed by atoms with Gasteiger partial charge in [0.05, 0.1) is 0 Å². The molecule has 1 heterocycles. The van der Waals surface area contributed by atoms with E-state index >= 15 is 0 Å². The minimum Gasteiger partial charge on any atom is -0.458 e. The van der Waals surface area contributed by atoms with Gasteiger partial charge in [0.2, 0.25) is 0 Å². The van der Waals surface area contributed by atoms with Gasteiger partial charge >= 0.3 is 0 Å². The fraction of sp³-hybridized carbons (Fsp3) is 0.176. The average Bonchev–Trinajstić information content (AvgIpc) is 2.86. The Morgan fingerprint density at radius 1 is 1.05 bits per heavy atom. The summed E-state index contributed by atoms with van der Waals surface area (Å²) >= 11 is 3.44. The number of furan rings is 1. The Morgan fingerprint density at radius 2 is 1.85 bits per heavy atom. The lowest BCUT2D eigenvalue weighted by atomic mass is 10.0. The molecule has 3 heteroatoms. The first-order valence-electron chi connectivity index (χ1n) is 6.49. The van der Waals surface area contributed by atoms with Crippen LogP contribution in [0.25, 0.3) is 11.0 Å². The molecule has 1 aromatic heterocycles. The minimum absolute atomic E-state index is 0.579. The topological polar surface area (TPSA) is 33.4 Å². The number of hydrogen-bond acceptors (Lipinski definition) is 2. The quantitative estimate of drug-likeness (QED) is 0.725. The van der Waals surface area contributed by atoms with Gasteiger partial charge in [-0.2, -0.15) is 0 Å². The summed E-state index contributed by atoms with van der Waals surface area (Å²) < 4.78 is 6.79. The van der Waals surface area contributed by atoms with Crippen LogP contribution in [0.5, 0.6) is 0 Å². The SMILES string of the molecule is Cc1ccc(Br)cc1C(O)c1cc2cccc(C)c2o1. The van der Waals surface area contributed by atoms with Crippen LogP contribution in [0.1, 0.15) is 28.6 Å². The highest BCUT2D eigenvalue weighted by molar-refractivity contribution is 9.10. The Kier molecular flexibility index (Phi) is 3.40. The first-order chi connectivity index (χ1) is 9.56. The second kappa shape index (κ2) is 5.08. The molecule has 3 rings (SSSR count). The van der Waals surface area contributed by atoms with Crippen molar-refractivity contribution in [1.82, 2.24) is 0 Å². The maximum atomic E-state index is 10.6. The highest BCUT2D eigenvalue weighted by atomic mass is 79.9. The number of fused-ring (bicyclic) bond motifs is 1. The van der Waals surface area contributed by atoms with Crippen molar-refractivity contribution < 1.29 is 9.52 Å². The molecular weight excluding hydrogens is 316 g/mol. The molecule has 0 aliphatic heterocycles. The lowest BCUT2D eigenvalue weighted by Gasteiger charge is -2.11. The Bertz CT molecular complexity index is 774. The summed E-state index contributed by atoms with van der Waals surface area (Å²) in [6.07, 6.45) is -0.751.